The van der Waals surface area contributed by atoms with Crippen molar-refractivity contribution in [3.8, 4) is 11.3 Å². The highest BCUT2D eigenvalue weighted by atomic mass is 15.3. The van der Waals surface area contributed by atoms with Gasteiger partial charge >= 0.3 is 0 Å². The summed E-state index contributed by atoms with van der Waals surface area (Å²) in [5.74, 6) is 1.41. The fourth-order valence-corrected chi connectivity index (χ4v) is 2.62. The number of aromatic nitrogens is 2. The lowest BCUT2D eigenvalue weighted by Gasteiger charge is -2.09. The lowest BCUT2D eigenvalue weighted by Crippen LogP contribution is -2.03. The van der Waals surface area contributed by atoms with Crippen LogP contribution >= 0.6 is 0 Å². The first-order valence-electron chi connectivity index (χ1n) is 8.32. The van der Waals surface area contributed by atoms with E-state index in [9.17, 15) is 0 Å². The Morgan fingerprint density at radius 3 is 2.36 bits per heavy atom. The van der Waals surface area contributed by atoms with Gasteiger partial charge in [-0.3, -0.25) is 5.43 Å². The second-order valence-corrected chi connectivity index (χ2v) is 6.18. The summed E-state index contributed by atoms with van der Waals surface area (Å²) in [4.78, 5) is 9.00. The number of hydrogen-bond acceptors (Lipinski definition) is 4. The van der Waals surface area contributed by atoms with Crippen molar-refractivity contribution in [3.05, 3.63) is 77.1 Å². The van der Waals surface area contributed by atoms with Crippen LogP contribution in [0.5, 0.6) is 0 Å². The predicted octanol–water partition coefficient (Wildman–Crippen LogP) is 4.90. The van der Waals surface area contributed by atoms with Gasteiger partial charge in [0.05, 0.1) is 11.4 Å². The Morgan fingerprint density at radius 1 is 0.920 bits per heavy atom. The van der Waals surface area contributed by atoms with Crippen LogP contribution in [0, 0.1) is 20.8 Å². The first-order valence-corrected chi connectivity index (χ1v) is 8.32. The molecule has 4 heteroatoms. The summed E-state index contributed by atoms with van der Waals surface area (Å²) in [7, 11) is 0. The van der Waals surface area contributed by atoms with E-state index in [1.807, 2.05) is 32.0 Å². The van der Waals surface area contributed by atoms with Crippen molar-refractivity contribution in [3.63, 3.8) is 0 Å². The molecule has 0 atom stereocenters. The molecule has 2 aromatic carbocycles. The molecule has 0 aliphatic rings. The Bertz CT molecular complexity index is 911. The number of hydrazone groups is 1. The number of nitrogens with zero attached hydrogens (tertiary/aromatic N) is 3. The molecule has 0 spiro atoms. The molecule has 0 aliphatic carbocycles. The maximum absolute atomic E-state index is 4.56. The second-order valence-electron chi connectivity index (χ2n) is 6.18. The van der Waals surface area contributed by atoms with Crippen LogP contribution in [0.25, 0.3) is 11.3 Å². The number of hydrogen-bond donors (Lipinski definition) is 1. The maximum atomic E-state index is 4.56. The van der Waals surface area contributed by atoms with Crippen LogP contribution in [0.4, 0.5) is 5.82 Å². The minimum Gasteiger partial charge on any atom is -0.261 e. The van der Waals surface area contributed by atoms with Crippen molar-refractivity contribution >= 4 is 11.5 Å². The molecule has 0 amide bonds. The Kier molecular flexibility index (Phi) is 4.89. The SMILES string of the molecule is C/C(=N/Nc1cc(-c2ccccc2C)nc(C)n1)c1ccc(C)cc1. The van der Waals surface area contributed by atoms with E-state index in [4.69, 9.17) is 0 Å². The van der Waals surface area contributed by atoms with E-state index >= 15 is 0 Å². The molecule has 1 heterocycles. The average Bonchev–Trinajstić information content (AvgIpc) is 2.60. The second kappa shape index (κ2) is 7.26. The van der Waals surface area contributed by atoms with Gasteiger partial charge < -0.3 is 0 Å². The van der Waals surface area contributed by atoms with Gasteiger partial charge in [-0.05, 0) is 38.8 Å². The molecule has 126 valence electrons. The van der Waals surface area contributed by atoms with Gasteiger partial charge in [-0.25, -0.2) is 9.97 Å². The molecule has 0 bridgehead atoms. The Morgan fingerprint density at radius 2 is 1.64 bits per heavy atom. The smallest absolute Gasteiger partial charge is 0.150 e. The first-order chi connectivity index (χ1) is 12.0. The van der Waals surface area contributed by atoms with Gasteiger partial charge in [-0.2, -0.15) is 5.10 Å². The minimum absolute atomic E-state index is 0.692. The largest absolute Gasteiger partial charge is 0.261 e. The van der Waals surface area contributed by atoms with Gasteiger partial charge in [0.25, 0.3) is 0 Å². The van der Waals surface area contributed by atoms with Crippen molar-refractivity contribution in [1.29, 1.82) is 0 Å². The van der Waals surface area contributed by atoms with E-state index in [0.29, 0.717) is 11.6 Å². The highest BCUT2D eigenvalue weighted by Gasteiger charge is 2.06. The first kappa shape index (κ1) is 16.8. The highest BCUT2D eigenvalue weighted by molar-refractivity contribution is 5.99. The maximum Gasteiger partial charge on any atom is 0.150 e. The molecule has 0 saturated heterocycles. The van der Waals surface area contributed by atoms with Crippen molar-refractivity contribution < 1.29 is 0 Å². The third-order valence-corrected chi connectivity index (χ3v) is 4.07. The van der Waals surface area contributed by atoms with E-state index in [-0.39, 0.29) is 0 Å². The van der Waals surface area contributed by atoms with Gasteiger partial charge in [0.1, 0.15) is 11.6 Å². The summed E-state index contributed by atoms with van der Waals surface area (Å²) < 4.78 is 0. The van der Waals surface area contributed by atoms with Crippen LogP contribution in [-0.2, 0) is 0 Å². The van der Waals surface area contributed by atoms with Crippen molar-refractivity contribution in [1.82, 2.24) is 9.97 Å². The topological polar surface area (TPSA) is 50.2 Å². The van der Waals surface area contributed by atoms with E-state index in [1.54, 1.807) is 0 Å². The minimum atomic E-state index is 0.692. The standard InChI is InChI=1S/C21H22N4/c1-14-9-11-18(12-10-14)16(3)24-25-21-13-20(22-17(4)23-21)19-8-6-5-7-15(19)2/h5-13H,1-4H3,(H,22,23,25)/b24-16-. The molecule has 1 aromatic heterocycles. The molecule has 3 rings (SSSR count). The van der Waals surface area contributed by atoms with E-state index < -0.39 is 0 Å². The van der Waals surface area contributed by atoms with Gasteiger partial charge in [-0.15, -0.1) is 0 Å². The summed E-state index contributed by atoms with van der Waals surface area (Å²) in [5.41, 5.74) is 9.49. The lowest BCUT2D eigenvalue weighted by molar-refractivity contribution is 1.05. The Hall–Kier alpha value is -3.01. The number of benzene rings is 2. The molecule has 0 radical (unpaired) electrons. The van der Waals surface area contributed by atoms with Crippen molar-refractivity contribution in [2.24, 2.45) is 5.10 Å². The quantitative estimate of drug-likeness (QED) is 0.546. The summed E-state index contributed by atoms with van der Waals surface area (Å²) in [6, 6.07) is 18.4. The molecule has 0 saturated carbocycles. The van der Waals surface area contributed by atoms with E-state index in [0.717, 1.165) is 22.5 Å². The highest BCUT2D eigenvalue weighted by Crippen LogP contribution is 2.23. The van der Waals surface area contributed by atoms with Crippen LogP contribution in [0.3, 0.4) is 0 Å². The van der Waals surface area contributed by atoms with Crippen LogP contribution < -0.4 is 5.43 Å². The zero-order valence-electron chi connectivity index (χ0n) is 15.0. The van der Waals surface area contributed by atoms with Crippen molar-refractivity contribution in [2.45, 2.75) is 27.7 Å². The summed E-state index contributed by atoms with van der Waals surface area (Å²) in [6.45, 7) is 8.03. The van der Waals surface area contributed by atoms with Crippen LogP contribution in [0.2, 0.25) is 0 Å². The van der Waals surface area contributed by atoms with Gasteiger partial charge in [0.15, 0.2) is 0 Å². The average molecular weight is 330 g/mol. The number of nitrogens with one attached hydrogen (secondary N) is 1. The fourth-order valence-electron chi connectivity index (χ4n) is 2.62. The molecule has 25 heavy (non-hydrogen) atoms. The molecule has 0 fully saturated rings. The van der Waals surface area contributed by atoms with Crippen LogP contribution in [0.15, 0.2) is 59.7 Å². The molecule has 3 aromatic rings. The number of anilines is 1. The zero-order chi connectivity index (χ0) is 17.8. The van der Waals surface area contributed by atoms with Gasteiger partial charge in [0, 0.05) is 11.6 Å². The Balaban J connectivity index is 1.87. The van der Waals surface area contributed by atoms with Crippen LogP contribution in [-0.4, -0.2) is 15.7 Å². The van der Waals surface area contributed by atoms with Crippen LogP contribution in [0.1, 0.15) is 29.4 Å². The number of rotatable bonds is 4. The normalized spacial score (nSPS) is 11.4. The van der Waals surface area contributed by atoms with Crippen molar-refractivity contribution in [2.75, 3.05) is 5.43 Å². The third-order valence-electron chi connectivity index (χ3n) is 4.07. The Labute approximate surface area is 148 Å². The predicted molar refractivity (Wildman–Crippen MR) is 104 cm³/mol. The molecule has 0 unspecified atom stereocenters. The summed E-state index contributed by atoms with van der Waals surface area (Å²) in [6.07, 6.45) is 0. The van der Waals surface area contributed by atoms with Gasteiger partial charge in [0.2, 0.25) is 0 Å². The van der Waals surface area contributed by atoms with Gasteiger partial charge in [-0.1, -0.05) is 54.1 Å². The third kappa shape index (κ3) is 4.10. The molecular formula is C21H22N4. The fraction of sp³-hybridized carbons (Fsp3) is 0.190. The lowest BCUT2D eigenvalue weighted by atomic mass is 10.1. The van der Waals surface area contributed by atoms with E-state index in [1.165, 1.54) is 11.1 Å². The molecule has 1 N–H and O–H groups in total. The molecule has 0 aliphatic heterocycles. The number of aryl methyl sites for hydroxylation is 3. The molecular weight excluding hydrogens is 308 g/mol. The zero-order valence-corrected chi connectivity index (χ0v) is 15.0. The summed E-state index contributed by atoms with van der Waals surface area (Å²) in [5, 5.41) is 4.47. The monoisotopic (exact) mass is 330 g/mol. The van der Waals surface area contributed by atoms with E-state index in [2.05, 4.69) is 70.7 Å². The molecule has 4 nitrogen and oxygen atoms in total. The summed E-state index contributed by atoms with van der Waals surface area (Å²) >= 11 is 0.